The number of ether oxygens (including phenoxy) is 4. The Balaban J connectivity index is 0.000000207. The summed E-state index contributed by atoms with van der Waals surface area (Å²) in [6, 6.07) is 37.0. The molecule has 0 bridgehead atoms. The van der Waals surface area contributed by atoms with Crippen molar-refractivity contribution in [1.29, 1.82) is 0 Å². The molecule has 416 valence electrons. The number of alkyl carbamates (subject to hydrolysis) is 1. The topological polar surface area (TPSA) is 153 Å². The second-order valence-corrected chi connectivity index (χ2v) is 23.7. The van der Waals surface area contributed by atoms with E-state index in [1.54, 1.807) is 31.9 Å². The van der Waals surface area contributed by atoms with Crippen LogP contribution < -0.4 is 10.6 Å². The minimum absolute atomic E-state index is 0.0202. The largest absolute Gasteiger partial charge is 0.481 e. The molecule has 0 saturated heterocycles. The van der Waals surface area contributed by atoms with Crippen molar-refractivity contribution in [2.45, 2.75) is 170 Å². The van der Waals surface area contributed by atoms with Crippen molar-refractivity contribution in [3.05, 3.63) is 154 Å². The molecule has 12 nitrogen and oxygen atoms in total. The lowest BCUT2D eigenvalue weighted by Crippen LogP contribution is -2.55. The lowest BCUT2D eigenvalue weighted by Gasteiger charge is -2.40. The number of carbonyl (C=O) groups excluding carboxylic acids is 3. The first-order valence-corrected chi connectivity index (χ1v) is 28.0. The van der Waals surface area contributed by atoms with E-state index in [4.69, 9.17) is 18.9 Å². The van der Waals surface area contributed by atoms with Crippen molar-refractivity contribution in [2.24, 2.45) is 17.8 Å². The summed E-state index contributed by atoms with van der Waals surface area (Å²) < 4.78 is 22.0. The number of amides is 2. The second-order valence-electron chi connectivity index (χ2n) is 23.7. The van der Waals surface area contributed by atoms with E-state index in [1.165, 1.54) is 52.7 Å². The van der Waals surface area contributed by atoms with E-state index in [9.17, 15) is 24.3 Å². The number of hydrogen-bond donors (Lipinski definition) is 3. The number of carboxylic acid groups (broad SMARTS) is 1. The van der Waals surface area contributed by atoms with Crippen LogP contribution in [0.25, 0.3) is 11.1 Å². The van der Waals surface area contributed by atoms with E-state index >= 15 is 0 Å². The summed E-state index contributed by atoms with van der Waals surface area (Å²) in [5.74, 6) is -1.16. The Kier molecular flexibility index (Phi) is 22.3. The highest BCUT2D eigenvalue weighted by atomic mass is 16.6. The zero-order valence-electron chi connectivity index (χ0n) is 47.6. The second kappa shape index (κ2) is 28.5. The number of nitrogens with one attached hydrogen (secondary N) is 2. The normalized spacial score (nSPS) is 17.4. The van der Waals surface area contributed by atoms with Crippen LogP contribution in [0, 0.1) is 17.8 Å². The molecule has 2 heterocycles. The van der Waals surface area contributed by atoms with Crippen molar-refractivity contribution in [1.82, 2.24) is 15.5 Å². The van der Waals surface area contributed by atoms with Gasteiger partial charge in [0, 0.05) is 32.2 Å². The van der Waals surface area contributed by atoms with E-state index < -0.39 is 41.2 Å². The maximum atomic E-state index is 14.1. The standard InChI is InChI=1S/C32H42N2O4.C17H24O5.C16H21N/c1-22(2)19-29-27-20-24-13-9-10-14-25(24)26(27)15-17-34(29)30(35)28(33-31(36)38-32(3,4)5)16-18-37-21-23-11-7-6-8-12-23;1-17(2,3)22-15(18)11-14(16(19)20)9-10-21-12-13-7-5-4-6-8-13;1-11(2)9-16-15-10-12-5-3-4-6-13(12)14(15)7-8-17-16/h6-14,22,28-29H,15-21H2,1-5H3,(H,33,36);4-8,14H,9-12H2,1-3H3,(H,19,20);3-6,11,16-17H,7-10H2,1-2H3/t28-,29?;14-;/m01./s1. The minimum atomic E-state index is -1.01. The predicted octanol–water partition coefficient (Wildman–Crippen LogP) is 12.6. The molecule has 8 rings (SSSR count). The molecule has 0 aromatic heterocycles. The summed E-state index contributed by atoms with van der Waals surface area (Å²) in [6.07, 6.45) is 6.20. The van der Waals surface area contributed by atoms with Gasteiger partial charge in [-0.15, -0.1) is 0 Å². The van der Waals surface area contributed by atoms with Gasteiger partial charge in [0.05, 0.1) is 31.6 Å². The van der Waals surface area contributed by atoms with Crippen molar-refractivity contribution in [3.63, 3.8) is 0 Å². The van der Waals surface area contributed by atoms with Crippen molar-refractivity contribution < 1.29 is 43.2 Å². The first-order chi connectivity index (χ1) is 36.7. The Bertz CT molecular complexity index is 2630. The third-order valence-corrected chi connectivity index (χ3v) is 14.0. The van der Waals surface area contributed by atoms with E-state index in [0.717, 1.165) is 42.9 Å². The highest BCUT2D eigenvalue weighted by Gasteiger charge is 2.40. The Morgan fingerprint density at radius 3 is 1.69 bits per heavy atom. The van der Waals surface area contributed by atoms with Gasteiger partial charge in [0.25, 0.3) is 0 Å². The summed E-state index contributed by atoms with van der Waals surface area (Å²) >= 11 is 0. The first kappa shape index (κ1) is 60.2. The molecule has 0 fully saturated rings. The summed E-state index contributed by atoms with van der Waals surface area (Å²) in [4.78, 5) is 51.7. The van der Waals surface area contributed by atoms with Crippen LogP contribution in [0.3, 0.4) is 0 Å². The van der Waals surface area contributed by atoms with Gasteiger partial charge in [0.15, 0.2) is 0 Å². The molecule has 4 aliphatic rings. The molecule has 12 heteroatoms. The van der Waals surface area contributed by atoms with Crippen LogP contribution in [-0.4, -0.2) is 89.6 Å². The zero-order chi connectivity index (χ0) is 55.7. The summed E-state index contributed by atoms with van der Waals surface area (Å²) in [6.45, 7) is 23.1. The van der Waals surface area contributed by atoms with Crippen molar-refractivity contribution in [2.75, 3.05) is 26.3 Å². The molecule has 4 aromatic carbocycles. The third kappa shape index (κ3) is 18.8. The van der Waals surface area contributed by atoms with Crippen LogP contribution in [0.4, 0.5) is 4.79 Å². The van der Waals surface area contributed by atoms with Gasteiger partial charge in [-0.3, -0.25) is 14.4 Å². The third-order valence-electron chi connectivity index (χ3n) is 14.0. The first-order valence-electron chi connectivity index (χ1n) is 28.0. The van der Waals surface area contributed by atoms with Crippen LogP contribution in [0.2, 0.25) is 0 Å². The molecule has 2 aliphatic heterocycles. The SMILES string of the molecule is CC(C)(C)OC(=O)C[C@@H](CCOCc1ccccc1)C(=O)O.CC(C)CC1C2=C(CCN1C(=O)[C@H](CCOCc1ccccc1)NC(=O)OC(C)(C)C)c1ccccc1C2.CC(C)CC1NCCC2=C1Cc1ccccc12. The van der Waals surface area contributed by atoms with Crippen LogP contribution in [0.15, 0.2) is 120 Å². The fourth-order valence-corrected chi connectivity index (χ4v) is 10.7. The summed E-state index contributed by atoms with van der Waals surface area (Å²) in [5.41, 5.74) is 12.7. The van der Waals surface area contributed by atoms with Gasteiger partial charge < -0.3 is 39.6 Å². The quantitative estimate of drug-likeness (QED) is 0.0611. The number of carboxylic acids is 1. The number of aliphatic carboxylic acids is 1. The molecule has 4 aromatic rings. The number of benzene rings is 4. The summed E-state index contributed by atoms with van der Waals surface area (Å²) in [7, 11) is 0. The number of fused-ring (bicyclic) bond motifs is 4. The maximum Gasteiger partial charge on any atom is 0.408 e. The average Bonchev–Trinajstić information content (AvgIpc) is 4.00. The lowest BCUT2D eigenvalue weighted by atomic mass is 9.87. The van der Waals surface area contributed by atoms with Crippen LogP contribution >= 0.6 is 0 Å². The minimum Gasteiger partial charge on any atom is -0.481 e. The molecule has 0 spiro atoms. The van der Waals surface area contributed by atoms with Crippen LogP contribution in [0.5, 0.6) is 0 Å². The Hall–Kier alpha value is -6.08. The van der Waals surface area contributed by atoms with Gasteiger partial charge in [-0.05, 0) is 161 Å². The molecule has 0 saturated carbocycles. The zero-order valence-corrected chi connectivity index (χ0v) is 47.6. The van der Waals surface area contributed by atoms with Gasteiger partial charge in [-0.2, -0.15) is 0 Å². The molecule has 2 amide bonds. The van der Waals surface area contributed by atoms with E-state index in [1.807, 2.05) is 86.3 Å². The molecule has 2 unspecified atom stereocenters. The molecule has 77 heavy (non-hydrogen) atoms. The van der Waals surface area contributed by atoms with E-state index in [2.05, 4.69) is 86.9 Å². The lowest BCUT2D eigenvalue weighted by molar-refractivity contribution is -0.160. The van der Waals surface area contributed by atoms with Crippen molar-refractivity contribution in [3.8, 4) is 0 Å². The van der Waals surface area contributed by atoms with Crippen LogP contribution in [-0.2, 0) is 59.4 Å². The predicted molar refractivity (Wildman–Crippen MR) is 306 cm³/mol. The number of rotatable bonds is 19. The molecule has 3 N–H and O–H groups in total. The number of nitrogens with zero attached hydrogens (tertiary/aromatic N) is 1. The number of hydrogen-bond acceptors (Lipinski definition) is 9. The maximum absolute atomic E-state index is 14.1. The molecular formula is C65H87N3O9. The monoisotopic (exact) mass is 1050 g/mol. The Morgan fingerprint density at radius 2 is 1.16 bits per heavy atom. The summed E-state index contributed by atoms with van der Waals surface area (Å²) in [5, 5.41) is 15.7. The highest BCUT2D eigenvalue weighted by Crippen LogP contribution is 2.43. The highest BCUT2D eigenvalue weighted by molar-refractivity contribution is 5.88. The van der Waals surface area contributed by atoms with E-state index in [0.29, 0.717) is 44.7 Å². The fourth-order valence-electron chi connectivity index (χ4n) is 10.7. The van der Waals surface area contributed by atoms with Gasteiger partial charge in [-0.1, -0.05) is 137 Å². The van der Waals surface area contributed by atoms with Gasteiger partial charge in [0.1, 0.15) is 17.2 Å². The van der Waals surface area contributed by atoms with Gasteiger partial charge in [-0.25, -0.2) is 4.79 Å². The van der Waals surface area contributed by atoms with Crippen molar-refractivity contribution >= 4 is 35.1 Å². The fraction of sp³-hybridized carbons (Fsp3) is 0.508. The molecular weight excluding hydrogens is 967 g/mol. The molecule has 0 radical (unpaired) electrons. The van der Waals surface area contributed by atoms with Gasteiger partial charge >= 0.3 is 18.0 Å². The van der Waals surface area contributed by atoms with E-state index in [-0.39, 0.29) is 31.4 Å². The smallest absolute Gasteiger partial charge is 0.408 e. The Labute approximate surface area is 459 Å². The number of carbonyl (C=O) groups is 4. The van der Waals surface area contributed by atoms with Gasteiger partial charge in [0.2, 0.25) is 5.91 Å². The molecule has 4 atom stereocenters. The number of esters is 1. The Morgan fingerprint density at radius 1 is 0.649 bits per heavy atom. The van der Waals surface area contributed by atoms with Crippen LogP contribution in [0.1, 0.15) is 148 Å². The average molecular weight is 1050 g/mol. The molecule has 2 aliphatic carbocycles.